The van der Waals surface area contributed by atoms with E-state index in [9.17, 15) is 4.79 Å². The predicted octanol–water partition coefficient (Wildman–Crippen LogP) is 1.85. The van der Waals surface area contributed by atoms with Gasteiger partial charge in [0, 0.05) is 5.75 Å². The van der Waals surface area contributed by atoms with E-state index in [4.69, 9.17) is 14.6 Å². The summed E-state index contributed by atoms with van der Waals surface area (Å²) in [6, 6.07) is 5.52. The van der Waals surface area contributed by atoms with Crippen molar-refractivity contribution < 1.29 is 19.4 Å². The Kier molecular flexibility index (Phi) is 3.52. The van der Waals surface area contributed by atoms with Crippen LogP contribution in [0.25, 0.3) is 0 Å². The Bertz CT molecular complexity index is 536. The molecule has 20 heavy (non-hydrogen) atoms. The van der Waals surface area contributed by atoms with Crippen LogP contribution in [-0.2, 0) is 11.2 Å². The molecule has 0 aliphatic carbocycles. The fourth-order valence-corrected chi connectivity index (χ4v) is 3.71. The molecule has 5 nitrogen and oxygen atoms in total. The summed E-state index contributed by atoms with van der Waals surface area (Å²) in [4.78, 5) is 10.8. The van der Waals surface area contributed by atoms with Gasteiger partial charge in [0.15, 0.2) is 11.5 Å². The minimum absolute atomic E-state index is 0.181. The maximum atomic E-state index is 11.0. The van der Waals surface area contributed by atoms with Gasteiger partial charge in [0.2, 0.25) is 6.79 Å². The fraction of sp³-hybridized carbons (Fsp3) is 0.500. The number of hydrogen-bond donors (Lipinski definition) is 2. The number of hydrogen-bond acceptors (Lipinski definition) is 5. The van der Waals surface area contributed by atoms with Crippen molar-refractivity contribution >= 4 is 17.7 Å². The number of carboxylic acids is 1. The van der Waals surface area contributed by atoms with Crippen LogP contribution in [0.15, 0.2) is 18.2 Å². The molecule has 2 atom stereocenters. The van der Waals surface area contributed by atoms with E-state index in [1.165, 1.54) is 5.56 Å². The van der Waals surface area contributed by atoms with Crippen LogP contribution in [0.3, 0.4) is 0 Å². The number of thioether (sulfide) groups is 1. The minimum atomic E-state index is -0.774. The second kappa shape index (κ2) is 5.18. The Labute approximate surface area is 121 Å². The molecule has 0 amide bonds. The van der Waals surface area contributed by atoms with Crippen LogP contribution in [0.2, 0.25) is 0 Å². The number of nitrogens with one attached hydrogen (secondary N) is 1. The molecule has 2 heterocycles. The zero-order chi connectivity index (χ0) is 14.2. The second-order valence-corrected chi connectivity index (χ2v) is 6.79. The molecule has 6 heteroatoms. The molecule has 0 saturated carbocycles. The third kappa shape index (κ3) is 2.71. The first kappa shape index (κ1) is 13.6. The van der Waals surface area contributed by atoms with E-state index >= 15 is 0 Å². The third-order valence-corrected chi connectivity index (χ3v) is 5.13. The van der Waals surface area contributed by atoms with Crippen molar-refractivity contribution in [3.63, 3.8) is 0 Å². The molecule has 1 aromatic rings. The Morgan fingerprint density at radius 2 is 2.30 bits per heavy atom. The molecule has 1 unspecified atom stereocenters. The molecule has 2 aliphatic rings. The summed E-state index contributed by atoms with van der Waals surface area (Å²) in [7, 11) is 0. The number of aryl methyl sites for hydroxylation is 1. The Balaban J connectivity index is 1.61. The molecular weight excluding hydrogens is 278 g/mol. The maximum Gasteiger partial charge on any atom is 0.321 e. The highest BCUT2D eigenvalue weighted by atomic mass is 32.2. The van der Waals surface area contributed by atoms with Crippen molar-refractivity contribution in [2.75, 3.05) is 12.5 Å². The van der Waals surface area contributed by atoms with Crippen molar-refractivity contribution in [2.24, 2.45) is 0 Å². The molecule has 2 N–H and O–H groups in total. The molecule has 1 aromatic carbocycles. The van der Waals surface area contributed by atoms with E-state index in [0.29, 0.717) is 5.75 Å². The van der Waals surface area contributed by atoms with Gasteiger partial charge in [-0.2, -0.15) is 0 Å². The monoisotopic (exact) mass is 295 g/mol. The van der Waals surface area contributed by atoms with E-state index in [1.807, 2.05) is 18.2 Å². The Hall–Kier alpha value is -1.40. The highest BCUT2D eigenvalue weighted by Gasteiger charge is 2.38. The largest absolute Gasteiger partial charge is 0.480 e. The Morgan fingerprint density at radius 1 is 1.50 bits per heavy atom. The molecule has 3 rings (SSSR count). The second-order valence-electron chi connectivity index (χ2n) is 5.26. The number of ether oxygens (including phenoxy) is 2. The fourth-order valence-electron chi connectivity index (χ4n) is 2.48. The zero-order valence-electron chi connectivity index (χ0n) is 11.2. The van der Waals surface area contributed by atoms with Crippen LogP contribution >= 0.6 is 11.8 Å². The Morgan fingerprint density at radius 3 is 3.05 bits per heavy atom. The van der Waals surface area contributed by atoms with Gasteiger partial charge in [0.05, 0.1) is 4.87 Å². The molecule has 0 spiro atoms. The summed E-state index contributed by atoms with van der Waals surface area (Å²) in [6.07, 6.45) is 1.75. The van der Waals surface area contributed by atoms with Gasteiger partial charge in [0.25, 0.3) is 0 Å². The first-order valence-electron chi connectivity index (χ1n) is 6.59. The zero-order valence-corrected chi connectivity index (χ0v) is 12.0. The first-order valence-corrected chi connectivity index (χ1v) is 7.57. The van der Waals surface area contributed by atoms with Gasteiger partial charge < -0.3 is 14.6 Å². The molecule has 0 radical (unpaired) electrons. The lowest BCUT2D eigenvalue weighted by atomic mass is 10.0. The lowest BCUT2D eigenvalue weighted by Gasteiger charge is -2.24. The molecule has 108 valence electrons. The van der Waals surface area contributed by atoms with Crippen molar-refractivity contribution in [3.05, 3.63) is 23.8 Å². The smallest absolute Gasteiger partial charge is 0.321 e. The van der Waals surface area contributed by atoms with Crippen LogP contribution < -0.4 is 14.8 Å². The minimum Gasteiger partial charge on any atom is -0.480 e. The first-order chi connectivity index (χ1) is 9.56. The van der Waals surface area contributed by atoms with E-state index in [1.54, 1.807) is 11.8 Å². The molecule has 2 aliphatic heterocycles. The molecule has 0 bridgehead atoms. The van der Waals surface area contributed by atoms with Crippen LogP contribution in [0.5, 0.6) is 11.5 Å². The van der Waals surface area contributed by atoms with Crippen molar-refractivity contribution in [2.45, 2.75) is 30.7 Å². The van der Waals surface area contributed by atoms with Crippen LogP contribution in [0, 0.1) is 0 Å². The summed E-state index contributed by atoms with van der Waals surface area (Å²) in [5, 5.41) is 12.2. The van der Waals surface area contributed by atoms with Gasteiger partial charge in [-0.25, -0.2) is 0 Å². The number of carbonyl (C=O) groups is 1. The van der Waals surface area contributed by atoms with Crippen LogP contribution in [0.1, 0.15) is 18.9 Å². The van der Waals surface area contributed by atoms with Crippen molar-refractivity contribution in [1.29, 1.82) is 0 Å². The number of carboxylic acid groups (broad SMARTS) is 1. The number of aliphatic carboxylic acids is 1. The summed E-state index contributed by atoms with van der Waals surface area (Å²) >= 11 is 1.68. The van der Waals surface area contributed by atoms with Gasteiger partial charge in [-0.3, -0.25) is 10.1 Å². The van der Waals surface area contributed by atoms with Gasteiger partial charge in [-0.1, -0.05) is 6.07 Å². The van der Waals surface area contributed by atoms with E-state index < -0.39 is 12.0 Å². The lowest BCUT2D eigenvalue weighted by Crippen LogP contribution is -2.43. The third-order valence-electron chi connectivity index (χ3n) is 3.67. The van der Waals surface area contributed by atoms with E-state index in [0.717, 1.165) is 24.3 Å². The maximum absolute atomic E-state index is 11.0. The lowest BCUT2D eigenvalue weighted by molar-refractivity contribution is -0.138. The van der Waals surface area contributed by atoms with Crippen LogP contribution in [0.4, 0.5) is 0 Å². The SMILES string of the molecule is CC1(CCc2ccc3c(c2)OCO3)N[C@@H](C(=O)O)CS1. The number of benzene rings is 1. The average molecular weight is 295 g/mol. The van der Waals surface area contributed by atoms with Gasteiger partial charge >= 0.3 is 5.97 Å². The van der Waals surface area contributed by atoms with Gasteiger partial charge in [-0.05, 0) is 37.5 Å². The topological polar surface area (TPSA) is 67.8 Å². The van der Waals surface area contributed by atoms with Gasteiger partial charge in [0.1, 0.15) is 6.04 Å². The van der Waals surface area contributed by atoms with Crippen molar-refractivity contribution in [1.82, 2.24) is 5.32 Å². The number of rotatable bonds is 4. The molecule has 1 fully saturated rings. The standard InChI is InChI=1S/C14H17NO4S/c1-14(15-10(7-20-14)13(16)17)5-4-9-2-3-11-12(6-9)19-8-18-11/h2-3,6,10,15H,4-5,7-8H2,1H3,(H,16,17)/t10-,14?/m1/s1. The van der Waals surface area contributed by atoms with E-state index in [-0.39, 0.29) is 11.7 Å². The number of fused-ring (bicyclic) bond motifs is 1. The average Bonchev–Trinajstić information content (AvgIpc) is 3.03. The normalized spacial score (nSPS) is 27.8. The molecule has 0 aromatic heterocycles. The van der Waals surface area contributed by atoms with Crippen LogP contribution in [-0.4, -0.2) is 34.5 Å². The van der Waals surface area contributed by atoms with Gasteiger partial charge in [-0.15, -0.1) is 11.8 Å². The quantitative estimate of drug-likeness (QED) is 0.883. The summed E-state index contributed by atoms with van der Waals surface area (Å²) < 4.78 is 10.7. The molecule has 1 saturated heterocycles. The predicted molar refractivity (Wildman–Crippen MR) is 76.3 cm³/mol. The van der Waals surface area contributed by atoms with Crippen molar-refractivity contribution in [3.8, 4) is 11.5 Å². The summed E-state index contributed by atoms with van der Waals surface area (Å²) in [5.41, 5.74) is 1.18. The van der Waals surface area contributed by atoms with E-state index in [2.05, 4.69) is 12.2 Å². The highest BCUT2D eigenvalue weighted by Crippen LogP contribution is 2.36. The molecular formula is C14H17NO4S. The summed E-state index contributed by atoms with van der Waals surface area (Å²) in [6.45, 7) is 2.35. The summed E-state index contributed by atoms with van der Waals surface area (Å²) in [5.74, 6) is 1.43. The highest BCUT2D eigenvalue weighted by molar-refractivity contribution is 8.00.